The number of benzene rings is 2. The minimum absolute atomic E-state index is 0.00936. The van der Waals surface area contributed by atoms with E-state index in [1.54, 1.807) is 18.2 Å². The minimum Gasteiger partial charge on any atom is -0.334 e. The highest BCUT2D eigenvalue weighted by Crippen LogP contribution is 2.29. The number of nitrogens with one attached hydrogen (secondary N) is 2. The molecule has 3 aromatic rings. The van der Waals surface area contributed by atoms with E-state index in [0.717, 1.165) is 5.56 Å². The topological polar surface area (TPSA) is 97.2 Å². The molecule has 0 atom stereocenters. The summed E-state index contributed by atoms with van der Waals surface area (Å²) in [6.07, 6.45) is 0. The van der Waals surface area contributed by atoms with E-state index in [2.05, 4.69) is 15.6 Å². The molecule has 0 aliphatic carbocycles. The standard InChI is InChI=1S/C15H11ClN4O3S/c16-10-3-1-9(2-4-10)8-17-14(21)19-15-18-12-6-5-11(20(22)23)7-13(12)24-15/h1-7H,8H2,(H2,17,18,19,21). The fourth-order valence-corrected chi connectivity index (χ4v) is 3.03. The Morgan fingerprint density at radius 1 is 1.25 bits per heavy atom. The van der Waals surface area contributed by atoms with Gasteiger partial charge in [-0.2, -0.15) is 0 Å². The molecular weight excluding hydrogens is 352 g/mol. The Labute approximate surface area is 145 Å². The molecule has 0 spiro atoms. The Balaban J connectivity index is 1.64. The molecule has 2 N–H and O–H groups in total. The van der Waals surface area contributed by atoms with Gasteiger partial charge in [0.25, 0.3) is 5.69 Å². The van der Waals surface area contributed by atoms with Crippen LogP contribution in [0.5, 0.6) is 0 Å². The number of thiazole rings is 1. The average Bonchev–Trinajstić information content (AvgIpc) is 2.95. The monoisotopic (exact) mass is 362 g/mol. The molecule has 7 nitrogen and oxygen atoms in total. The number of fused-ring (bicyclic) bond motifs is 1. The molecule has 2 amide bonds. The summed E-state index contributed by atoms with van der Waals surface area (Å²) in [5.41, 5.74) is 1.50. The summed E-state index contributed by atoms with van der Waals surface area (Å²) in [7, 11) is 0. The normalized spacial score (nSPS) is 10.5. The Hall–Kier alpha value is -2.71. The van der Waals surface area contributed by atoms with E-state index >= 15 is 0 Å². The molecule has 0 saturated carbocycles. The van der Waals surface area contributed by atoms with Gasteiger partial charge in [0.1, 0.15) is 0 Å². The van der Waals surface area contributed by atoms with Gasteiger partial charge in [0.05, 0.1) is 15.1 Å². The maximum Gasteiger partial charge on any atom is 0.321 e. The van der Waals surface area contributed by atoms with Crippen molar-refractivity contribution in [1.82, 2.24) is 10.3 Å². The highest BCUT2D eigenvalue weighted by molar-refractivity contribution is 7.22. The number of anilines is 1. The van der Waals surface area contributed by atoms with Crippen LogP contribution in [0.25, 0.3) is 10.2 Å². The summed E-state index contributed by atoms with van der Waals surface area (Å²) in [4.78, 5) is 26.4. The number of carbonyl (C=O) groups excluding carboxylic acids is 1. The van der Waals surface area contributed by atoms with E-state index in [-0.39, 0.29) is 5.69 Å². The molecule has 24 heavy (non-hydrogen) atoms. The number of hydrogen-bond donors (Lipinski definition) is 2. The van der Waals surface area contributed by atoms with Crippen LogP contribution in [-0.4, -0.2) is 15.9 Å². The highest BCUT2D eigenvalue weighted by Gasteiger charge is 2.11. The molecule has 0 aliphatic rings. The molecule has 2 aromatic carbocycles. The summed E-state index contributed by atoms with van der Waals surface area (Å²) in [5.74, 6) is 0. The van der Waals surface area contributed by atoms with Gasteiger partial charge in [-0.05, 0) is 23.8 Å². The Bertz CT molecular complexity index is 911. The van der Waals surface area contributed by atoms with E-state index in [1.807, 2.05) is 12.1 Å². The third kappa shape index (κ3) is 3.79. The van der Waals surface area contributed by atoms with Crippen molar-refractivity contribution in [3.63, 3.8) is 0 Å². The lowest BCUT2D eigenvalue weighted by Gasteiger charge is -2.05. The number of rotatable bonds is 4. The molecule has 0 bridgehead atoms. The number of nitro benzene ring substituents is 1. The second kappa shape index (κ2) is 6.81. The molecule has 3 rings (SSSR count). The predicted octanol–water partition coefficient (Wildman–Crippen LogP) is 4.18. The molecule has 1 heterocycles. The number of urea groups is 1. The second-order valence-electron chi connectivity index (χ2n) is 4.86. The lowest BCUT2D eigenvalue weighted by Crippen LogP contribution is -2.28. The van der Waals surface area contributed by atoms with Gasteiger partial charge in [-0.15, -0.1) is 0 Å². The van der Waals surface area contributed by atoms with Gasteiger partial charge >= 0.3 is 6.03 Å². The van der Waals surface area contributed by atoms with Gasteiger partial charge in [-0.1, -0.05) is 35.1 Å². The van der Waals surface area contributed by atoms with Crippen LogP contribution in [0.4, 0.5) is 15.6 Å². The molecule has 0 aliphatic heterocycles. The van der Waals surface area contributed by atoms with Crippen molar-refractivity contribution in [2.75, 3.05) is 5.32 Å². The van der Waals surface area contributed by atoms with Crippen LogP contribution in [0.15, 0.2) is 42.5 Å². The van der Waals surface area contributed by atoms with Gasteiger partial charge in [0.2, 0.25) is 0 Å². The number of halogens is 1. The lowest BCUT2D eigenvalue weighted by atomic mass is 10.2. The first kappa shape index (κ1) is 16.2. The largest absolute Gasteiger partial charge is 0.334 e. The zero-order chi connectivity index (χ0) is 17.1. The van der Waals surface area contributed by atoms with Gasteiger partial charge in [0.15, 0.2) is 5.13 Å². The molecule has 122 valence electrons. The third-order valence-electron chi connectivity index (χ3n) is 3.17. The first-order valence-corrected chi connectivity index (χ1v) is 8.05. The number of amides is 2. The average molecular weight is 363 g/mol. The van der Waals surface area contributed by atoms with Crippen LogP contribution < -0.4 is 10.6 Å². The van der Waals surface area contributed by atoms with E-state index < -0.39 is 11.0 Å². The quantitative estimate of drug-likeness (QED) is 0.537. The van der Waals surface area contributed by atoms with Gasteiger partial charge in [-0.3, -0.25) is 15.4 Å². The number of aromatic nitrogens is 1. The number of carbonyl (C=O) groups is 1. The number of nitro groups is 1. The lowest BCUT2D eigenvalue weighted by molar-refractivity contribution is -0.384. The Morgan fingerprint density at radius 2 is 2.00 bits per heavy atom. The van der Waals surface area contributed by atoms with Crippen LogP contribution in [0.1, 0.15) is 5.56 Å². The maximum absolute atomic E-state index is 11.9. The Morgan fingerprint density at radius 3 is 2.71 bits per heavy atom. The molecule has 0 radical (unpaired) electrons. The van der Waals surface area contributed by atoms with Crippen LogP contribution in [-0.2, 0) is 6.54 Å². The molecule has 0 fully saturated rings. The molecule has 0 saturated heterocycles. The zero-order valence-electron chi connectivity index (χ0n) is 12.2. The second-order valence-corrected chi connectivity index (χ2v) is 6.33. The van der Waals surface area contributed by atoms with Gasteiger partial charge < -0.3 is 5.32 Å². The maximum atomic E-state index is 11.9. The Kier molecular flexibility index (Phi) is 4.59. The smallest absolute Gasteiger partial charge is 0.321 e. The van der Waals surface area contributed by atoms with Crippen molar-refractivity contribution in [1.29, 1.82) is 0 Å². The molecule has 0 unspecified atom stereocenters. The SMILES string of the molecule is O=C(NCc1ccc(Cl)cc1)Nc1nc2ccc([N+](=O)[O-])cc2s1. The van der Waals surface area contributed by atoms with Crippen molar-refractivity contribution in [3.05, 3.63) is 63.2 Å². The van der Waals surface area contributed by atoms with E-state index in [9.17, 15) is 14.9 Å². The minimum atomic E-state index is -0.467. The van der Waals surface area contributed by atoms with Crippen LogP contribution in [0.2, 0.25) is 5.02 Å². The van der Waals surface area contributed by atoms with Crippen molar-refractivity contribution in [2.24, 2.45) is 0 Å². The van der Waals surface area contributed by atoms with Crippen molar-refractivity contribution < 1.29 is 9.72 Å². The van der Waals surface area contributed by atoms with Crippen LogP contribution >= 0.6 is 22.9 Å². The van der Waals surface area contributed by atoms with E-state index in [4.69, 9.17) is 11.6 Å². The number of non-ortho nitro benzene ring substituents is 1. The summed E-state index contributed by atoms with van der Waals surface area (Å²) >= 11 is 6.98. The van der Waals surface area contributed by atoms with Crippen molar-refractivity contribution >= 4 is 50.0 Å². The summed E-state index contributed by atoms with van der Waals surface area (Å²) in [6.45, 7) is 0.347. The van der Waals surface area contributed by atoms with Crippen molar-refractivity contribution in [2.45, 2.75) is 6.54 Å². The fraction of sp³-hybridized carbons (Fsp3) is 0.0667. The van der Waals surface area contributed by atoms with Crippen LogP contribution in [0, 0.1) is 10.1 Å². The fourth-order valence-electron chi connectivity index (χ4n) is 2.01. The van der Waals surface area contributed by atoms with E-state index in [0.29, 0.717) is 26.9 Å². The molecule has 1 aromatic heterocycles. The van der Waals surface area contributed by atoms with Crippen molar-refractivity contribution in [3.8, 4) is 0 Å². The predicted molar refractivity (Wildman–Crippen MR) is 93.6 cm³/mol. The first-order valence-electron chi connectivity index (χ1n) is 6.85. The number of hydrogen-bond acceptors (Lipinski definition) is 5. The molecular formula is C15H11ClN4O3S. The van der Waals surface area contributed by atoms with Gasteiger partial charge in [-0.25, -0.2) is 9.78 Å². The molecule has 9 heteroatoms. The van der Waals surface area contributed by atoms with Gasteiger partial charge in [0, 0.05) is 23.7 Å². The highest BCUT2D eigenvalue weighted by atomic mass is 35.5. The summed E-state index contributed by atoms with van der Waals surface area (Å²) in [5, 5.41) is 17.1. The summed E-state index contributed by atoms with van der Waals surface area (Å²) in [6, 6.07) is 11.1. The summed E-state index contributed by atoms with van der Waals surface area (Å²) < 4.78 is 0.636. The first-order chi connectivity index (χ1) is 11.5. The van der Waals surface area contributed by atoms with Crippen LogP contribution in [0.3, 0.4) is 0 Å². The van der Waals surface area contributed by atoms with E-state index in [1.165, 1.54) is 23.5 Å². The zero-order valence-corrected chi connectivity index (χ0v) is 13.7. The third-order valence-corrected chi connectivity index (χ3v) is 4.36. The number of nitrogens with zero attached hydrogens (tertiary/aromatic N) is 2.